The van der Waals surface area contributed by atoms with Gasteiger partial charge in [-0.15, -0.1) is 12.8 Å². The molecule has 0 aromatic carbocycles. The number of carbonyl (C=O) groups excluding carboxylic acids is 7. The highest BCUT2D eigenvalue weighted by Gasteiger charge is 2.59. The standard InChI is InChI=1S/C37H56IN3O9.C35H55N3O8.C2H3IO2.C2H2/c1-24(11-14-32-35(45)37(23-47-37)21-29(50-32)20-28(42)9-8-16-39-34(44)22-38)10-13-31-25(2)19-30(27(4)49-31)40-33(43)15-12-26(3)48-36(46)41-17-6-5-7-18-41;1-23(11-14-31-33(41)35(22-43-35)21-28(46-31)20-27(39)9-8-16-36)10-13-30-24(2)19-29(26(4)45-30)37-32(40)15-12-25(3)44-34(42)38-17-6-5-7-18-38;3-1-2(4)5;1-2/h10-12,14-15,25-27,29-32,35,45H,5-9,13,16-23H2,1-4H3,(H,39,44)(H,40,43);10-12,14-15,24-26,28-31,33,41H,5-9,13,16-22,36H2,1-4H3,(H,37,40);1H2,(H,4,5);1-2H/b14-11+,15-12-,24-10+;14-11+,15-12-,23-10+;;/t25-,26-,27+,29+,30+,31-,32+,35+,37+;24-,25-,26+,28+,29+,30-,31+,33+,35+;;/m00../s1/i;;;1D. The zero-order valence-electron chi connectivity index (χ0n) is 62.5. The predicted octanol–water partition coefficient (Wildman–Crippen LogP) is 8.81. The number of carbonyl (C=O) groups is 8. The van der Waals surface area contributed by atoms with Crippen LogP contribution in [0.15, 0.2) is 71.9 Å². The van der Waals surface area contributed by atoms with Gasteiger partial charge in [0.1, 0.15) is 60.8 Å². The van der Waals surface area contributed by atoms with Gasteiger partial charge < -0.3 is 84.7 Å². The van der Waals surface area contributed by atoms with Gasteiger partial charge in [0.25, 0.3) is 0 Å². The molecule has 5 amide bonds. The van der Waals surface area contributed by atoms with Crippen molar-refractivity contribution in [3.05, 3.63) is 71.9 Å². The first kappa shape index (κ1) is 86.8. The molecule has 18 atom stereocenters. The topological polar surface area (TPSA) is 346 Å². The summed E-state index contributed by atoms with van der Waals surface area (Å²) in [7, 11) is 0. The third kappa shape index (κ3) is 30.9. The molecule has 8 fully saturated rings. The lowest BCUT2D eigenvalue weighted by molar-refractivity contribution is -0.144. The van der Waals surface area contributed by atoms with E-state index in [4.69, 9.17) is 50.1 Å². The van der Waals surface area contributed by atoms with Crippen LogP contribution in [0.1, 0.15) is 172 Å². The van der Waals surface area contributed by atoms with Crippen molar-refractivity contribution in [3.8, 4) is 12.8 Å². The van der Waals surface area contributed by atoms with Crippen LogP contribution in [0.25, 0.3) is 0 Å². The van der Waals surface area contributed by atoms with Crippen molar-refractivity contribution in [2.75, 3.05) is 61.3 Å². The van der Waals surface area contributed by atoms with Crippen molar-refractivity contribution in [3.63, 3.8) is 0 Å². The molecule has 0 radical (unpaired) electrons. The number of ether oxygens (including phenoxy) is 8. The molecule has 103 heavy (non-hydrogen) atoms. The second kappa shape index (κ2) is 45.5. The van der Waals surface area contributed by atoms with E-state index in [-0.39, 0.29) is 113 Å². The Morgan fingerprint density at radius 2 is 1.03 bits per heavy atom. The molecule has 2 spiro atoms. The number of nitrogens with one attached hydrogen (secondary N) is 3. The molecule has 578 valence electrons. The van der Waals surface area contributed by atoms with Crippen LogP contribution in [0.4, 0.5) is 9.59 Å². The Morgan fingerprint density at radius 1 is 0.641 bits per heavy atom. The molecule has 8 N–H and O–H groups in total. The number of aliphatic hydroxyl groups is 2. The van der Waals surface area contributed by atoms with Crippen LogP contribution in [0.3, 0.4) is 0 Å². The summed E-state index contributed by atoms with van der Waals surface area (Å²) in [4.78, 5) is 99.1. The van der Waals surface area contributed by atoms with Gasteiger partial charge in [0, 0.05) is 83.4 Å². The lowest BCUT2D eigenvalue weighted by Gasteiger charge is -2.39. The molecule has 8 heterocycles. The number of piperidine rings is 2. The molecular weight excluding hydrogens is 1550 g/mol. The third-order valence-electron chi connectivity index (χ3n) is 19.7. The average molecular weight is 1670 g/mol. The van der Waals surface area contributed by atoms with Gasteiger partial charge in [-0.25, -0.2) is 9.59 Å². The summed E-state index contributed by atoms with van der Waals surface area (Å²) in [5.74, 6) is -0.664. The Morgan fingerprint density at radius 3 is 1.39 bits per heavy atom. The highest BCUT2D eigenvalue weighted by Crippen LogP contribution is 2.45. The normalized spacial score (nSPS) is 31.4. The van der Waals surface area contributed by atoms with E-state index < -0.39 is 53.8 Å². The summed E-state index contributed by atoms with van der Waals surface area (Å²) in [5.41, 5.74) is 6.27. The maximum atomic E-state index is 12.7. The molecule has 0 bridgehead atoms. The minimum atomic E-state index is -0.816. The Bertz CT molecular complexity index is 3000. The number of epoxide rings is 2. The Hall–Kier alpha value is -5.14. The monoisotopic (exact) mass is 1670 g/mol. The average Bonchev–Trinajstić information content (AvgIpc) is 1.61. The lowest BCUT2D eigenvalue weighted by Crippen LogP contribution is -2.50. The first-order valence-electron chi connectivity index (χ1n) is 37.1. The van der Waals surface area contributed by atoms with Crippen molar-refractivity contribution in [1.82, 2.24) is 25.8 Å². The van der Waals surface area contributed by atoms with Crippen LogP contribution in [0.2, 0.25) is 0 Å². The summed E-state index contributed by atoms with van der Waals surface area (Å²) in [5, 5.41) is 38.5. The summed E-state index contributed by atoms with van der Waals surface area (Å²) in [6.07, 6.45) is 31.0. The van der Waals surface area contributed by atoms with E-state index in [0.29, 0.717) is 102 Å². The number of ketones is 2. The zero-order chi connectivity index (χ0) is 76.5. The number of alkyl halides is 2. The highest BCUT2D eigenvalue weighted by molar-refractivity contribution is 14.1. The van der Waals surface area contributed by atoms with Gasteiger partial charge in [-0.1, -0.05) is 107 Å². The van der Waals surface area contributed by atoms with Crippen LogP contribution < -0.4 is 21.7 Å². The Balaban J connectivity index is 0.000000340. The number of carboxylic acid groups (broad SMARTS) is 1. The van der Waals surface area contributed by atoms with E-state index in [1.807, 2.05) is 74.6 Å². The second-order valence-electron chi connectivity index (χ2n) is 28.4. The molecular formula is C76H116I2N6O19. The second-order valence-corrected chi connectivity index (χ2v) is 30.0. The maximum Gasteiger partial charge on any atom is 0.410 e. The Labute approximate surface area is 638 Å². The predicted molar refractivity (Wildman–Crippen MR) is 407 cm³/mol. The van der Waals surface area contributed by atoms with Crippen LogP contribution in [0.5, 0.6) is 0 Å². The molecule has 0 aliphatic carbocycles. The van der Waals surface area contributed by atoms with Crippen LogP contribution in [-0.2, 0) is 66.7 Å². The van der Waals surface area contributed by atoms with Crippen LogP contribution in [-0.4, -0.2) is 230 Å². The molecule has 0 saturated carbocycles. The number of halogens is 2. The number of allylic oxidation sites excluding steroid dienone is 4. The molecule has 8 aliphatic rings. The van der Waals surface area contributed by atoms with Crippen molar-refractivity contribution in [1.29, 1.82) is 0 Å². The van der Waals surface area contributed by atoms with E-state index in [9.17, 15) is 48.6 Å². The highest BCUT2D eigenvalue weighted by atomic mass is 127. The smallest absolute Gasteiger partial charge is 0.410 e. The van der Waals surface area contributed by atoms with Crippen molar-refractivity contribution in [2.45, 2.75) is 267 Å². The Kier molecular flexibility index (Phi) is 38.3. The first-order chi connectivity index (χ1) is 49.6. The quantitative estimate of drug-likeness (QED) is 0.00699. The molecule has 0 aromatic rings. The van der Waals surface area contributed by atoms with Gasteiger partial charge in [-0.05, 0) is 149 Å². The van der Waals surface area contributed by atoms with Gasteiger partial charge >= 0.3 is 18.2 Å². The number of aliphatic hydroxyl groups excluding tert-OH is 2. The minimum Gasteiger partial charge on any atom is -0.481 e. The first-order valence-corrected chi connectivity index (χ1v) is 39.7. The molecule has 27 heteroatoms. The molecule has 25 nitrogen and oxygen atoms in total. The lowest BCUT2D eigenvalue weighted by atomic mass is 9.86. The minimum absolute atomic E-state index is 0.000154. The van der Waals surface area contributed by atoms with Gasteiger partial charge in [-0.2, -0.15) is 0 Å². The van der Waals surface area contributed by atoms with E-state index in [2.05, 4.69) is 48.4 Å². The van der Waals surface area contributed by atoms with Crippen LogP contribution in [0, 0.1) is 24.7 Å². The SMILES string of the molecule is CC(/C=C/[C@H]1O[C@H](CC(=O)CCCN)C[C@@]2(CO2)[C@@H]1O)=C\C[C@@H]1O[C@H](C)[C@H](NC(=O)/C=C\[C@H](C)OC(=O)N2CCCCC2)C[C@@H]1C.CC(/C=C/[C@H]1O[C@H](CC(=O)CCCNC(=O)CI)C[C@@]2(CO2)[C@@H]1O)=C\C[C@@H]1O[C@H](C)[C@H](NC(=O)/C=C\[C@H](C)OC(=O)N2CCCCC2)C[C@@H]1C.O=C(O)CI.[2H]C#C. The van der Waals surface area contributed by atoms with Gasteiger partial charge in [-0.3, -0.25) is 28.8 Å². The fourth-order valence-corrected chi connectivity index (χ4v) is 13.7. The summed E-state index contributed by atoms with van der Waals surface area (Å²) in [6, 6.07) is -0.269. The van der Waals surface area contributed by atoms with Crippen molar-refractivity contribution >= 4 is 92.6 Å². The maximum absolute atomic E-state index is 12.7. The number of aliphatic carboxylic acids is 1. The number of nitrogens with two attached hydrogens (primary N) is 1. The van der Waals surface area contributed by atoms with Crippen LogP contribution >= 0.6 is 45.2 Å². The summed E-state index contributed by atoms with van der Waals surface area (Å²) >= 11 is 3.78. The number of likely N-dealkylation sites (tertiary alicyclic amines) is 2. The fourth-order valence-electron chi connectivity index (χ4n) is 13.4. The molecule has 0 unspecified atom stereocenters. The number of rotatable bonds is 29. The van der Waals surface area contributed by atoms with Crippen molar-refractivity contribution < 1.29 is 92.9 Å². The van der Waals surface area contributed by atoms with Crippen molar-refractivity contribution in [2.24, 2.45) is 17.6 Å². The number of carboxylic acids is 1. The molecule has 8 saturated heterocycles. The number of terminal acetylenes is 1. The van der Waals surface area contributed by atoms with E-state index in [0.717, 1.165) is 75.6 Å². The molecule has 8 rings (SSSR count). The third-order valence-corrected chi connectivity index (χ3v) is 21.1. The molecule has 0 aromatic heterocycles. The van der Waals surface area contributed by atoms with E-state index in [1.54, 1.807) is 58.4 Å². The number of nitrogens with zero attached hydrogens (tertiary/aromatic N) is 2. The summed E-state index contributed by atoms with van der Waals surface area (Å²) < 4.78 is 53.6. The van der Waals surface area contributed by atoms with Gasteiger partial charge in [0.05, 0.1) is 70.8 Å². The number of Topliss-reactive ketones (excluding diaryl/α,β-unsaturated/α-hetero) is 2. The number of hydrogen-bond acceptors (Lipinski definition) is 19. The molecule has 8 aliphatic heterocycles. The number of amides is 5. The van der Waals surface area contributed by atoms with E-state index >= 15 is 0 Å². The van der Waals surface area contributed by atoms with Gasteiger partial charge in [0.2, 0.25) is 17.7 Å². The number of hydrogen-bond donors (Lipinski definition) is 7. The summed E-state index contributed by atoms with van der Waals surface area (Å²) in [6.45, 7) is 20.4. The van der Waals surface area contributed by atoms with Gasteiger partial charge in [0.15, 0.2) is 0 Å². The van der Waals surface area contributed by atoms with E-state index in [1.165, 1.54) is 18.6 Å². The zero-order valence-corrected chi connectivity index (χ0v) is 65.8. The fraction of sp³-hybridized carbons (Fsp3) is 0.711. The largest absolute Gasteiger partial charge is 0.481 e.